The second kappa shape index (κ2) is 4.62. The zero-order valence-corrected chi connectivity index (χ0v) is 10.8. The Morgan fingerprint density at radius 1 is 1.47 bits per heavy atom. The van der Waals surface area contributed by atoms with E-state index in [4.69, 9.17) is 22.0 Å². The molecule has 0 unspecified atom stereocenters. The molecular formula is C10H6ClFN4O2S. The van der Waals surface area contributed by atoms with Gasteiger partial charge in [-0.25, -0.2) is 22.6 Å². The molecule has 19 heavy (non-hydrogen) atoms. The monoisotopic (exact) mass is 300 g/mol. The van der Waals surface area contributed by atoms with Crippen molar-refractivity contribution in [1.82, 2.24) is 9.78 Å². The van der Waals surface area contributed by atoms with E-state index in [1.165, 1.54) is 12.1 Å². The zero-order valence-electron chi connectivity index (χ0n) is 9.21. The van der Waals surface area contributed by atoms with Crippen molar-refractivity contribution < 1.29 is 12.8 Å². The molecule has 98 valence electrons. The fraction of sp³-hybridized carbons (Fsp3) is 0. The number of rotatable bonds is 2. The molecule has 0 fully saturated rings. The molecule has 6 nitrogen and oxygen atoms in total. The minimum atomic E-state index is -4.26. The van der Waals surface area contributed by atoms with Gasteiger partial charge in [0.2, 0.25) is 0 Å². The average Bonchev–Trinajstić information content (AvgIpc) is 2.72. The second-order valence-corrected chi connectivity index (χ2v) is 5.39. The molecular weight excluding hydrogens is 295 g/mol. The van der Waals surface area contributed by atoms with Gasteiger partial charge in [0.1, 0.15) is 23.1 Å². The van der Waals surface area contributed by atoms with Crippen molar-refractivity contribution in [3.05, 3.63) is 40.8 Å². The third kappa shape index (κ3) is 2.31. The molecule has 0 atom stereocenters. The van der Waals surface area contributed by atoms with Gasteiger partial charge in [-0.3, -0.25) is 0 Å². The van der Waals surface area contributed by atoms with Crippen molar-refractivity contribution in [3.63, 3.8) is 0 Å². The Kier molecular flexibility index (Phi) is 3.28. The van der Waals surface area contributed by atoms with Gasteiger partial charge in [-0.1, -0.05) is 17.7 Å². The van der Waals surface area contributed by atoms with Gasteiger partial charge in [-0.15, -0.1) is 0 Å². The lowest BCUT2D eigenvalue weighted by atomic mass is 10.3. The molecule has 0 aliphatic rings. The first-order chi connectivity index (χ1) is 8.86. The topological polar surface area (TPSA) is 102 Å². The summed E-state index contributed by atoms with van der Waals surface area (Å²) in [5.41, 5.74) is -0.573. The van der Waals surface area contributed by atoms with Crippen LogP contribution in [0.25, 0.3) is 5.69 Å². The molecule has 0 saturated carbocycles. The molecule has 2 rings (SSSR count). The fourth-order valence-corrected chi connectivity index (χ4v) is 2.57. The van der Waals surface area contributed by atoms with Crippen LogP contribution in [0, 0.1) is 17.1 Å². The maximum Gasteiger partial charge on any atom is 0.257 e. The second-order valence-electron chi connectivity index (χ2n) is 3.50. The number of hydrogen-bond donors (Lipinski definition) is 1. The zero-order chi connectivity index (χ0) is 14.2. The van der Waals surface area contributed by atoms with E-state index in [-0.39, 0.29) is 16.3 Å². The lowest BCUT2D eigenvalue weighted by Gasteiger charge is -2.08. The van der Waals surface area contributed by atoms with Gasteiger partial charge < -0.3 is 0 Å². The number of primary sulfonamides is 1. The summed E-state index contributed by atoms with van der Waals surface area (Å²) in [6.45, 7) is 0. The molecule has 0 bridgehead atoms. The van der Waals surface area contributed by atoms with E-state index >= 15 is 0 Å². The van der Waals surface area contributed by atoms with Crippen LogP contribution in [0.4, 0.5) is 4.39 Å². The Labute approximate surface area is 112 Å². The first-order valence-corrected chi connectivity index (χ1v) is 6.74. The van der Waals surface area contributed by atoms with E-state index in [1.54, 1.807) is 6.07 Å². The highest BCUT2D eigenvalue weighted by molar-refractivity contribution is 7.89. The largest absolute Gasteiger partial charge is 0.257 e. The van der Waals surface area contributed by atoms with Gasteiger partial charge in [0.25, 0.3) is 10.0 Å². The smallest absolute Gasteiger partial charge is 0.223 e. The number of sulfonamides is 1. The number of aromatic nitrogens is 2. The summed E-state index contributed by atoms with van der Waals surface area (Å²) in [5.74, 6) is -0.787. The van der Waals surface area contributed by atoms with E-state index in [1.807, 2.05) is 0 Å². The summed E-state index contributed by atoms with van der Waals surface area (Å²) < 4.78 is 37.4. The van der Waals surface area contributed by atoms with Crippen LogP contribution in [0.3, 0.4) is 0 Å². The Morgan fingerprint density at radius 2 is 2.16 bits per heavy atom. The Bertz CT molecular complexity index is 774. The molecule has 1 aromatic carbocycles. The standard InChI is InChI=1S/C10H6ClFN4O2S/c11-7-2-1-3-8(12)9(7)16-10(19(14,17)18)6(4-13)5-15-16/h1-3,5H,(H2,14,17,18). The van der Waals surface area contributed by atoms with Crippen LogP contribution in [-0.2, 0) is 10.0 Å². The van der Waals surface area contributed by atoms with E-state index in [2.05, 4.69) is 5.10 Å². The lowest BCUT2D eigenvalue weighted by molar-refractivity contribution is 0.577. The van der Waals surface area contributed by atoms with E-state index in [0.29, 0.717) is 4.68 Å². The predicted molar refractivity (Wildman–Crippen MR) is 64.6 cm³/mol. The van der Waals surface area contributed by atoms with Gasteiger partial charge in [-0.05, 0) is 12.1 Å². The van der Waals surface area contributed by atoms with Crippen molar-refractivity contribution in [2.24, 2.45) is 5.14 Å². The van der Waals surface area contributed by atoms with Gasteiger partial charge in [0.15, 0.2) is 5.03 Å². The maximum atomic E-state index is 13.8. The summed E-state index contributed by atoms with van der Waals surface area (Å²) in [6, 6.07) is 5.42. The first-order valence-electron chi connectivity index (χ1n) is 4.81. The highest BCUT2D eigenvalue weighted by atomic mass is 35.5. The van der Waals surface area contributed by atoms with Crippen LogP contribution < -0.4 is 5.14 Å². The Hall–Kier alpha value is -1.95. The maximum absolute atomic E-state index is 13.8. The highest BCUT2D eigenvalue weighted by Crippen LogP contribution is 2.26. The van der Waals surface area contributed by atoms with Crippen molar-refractivity contribution in [2.45, 2.75) is 5.03 Å². The average molecular weight is 301 g/mol. The molecule has 0 spiro atoms. The van der Waals surface area contributed by atoms with Crippen LogP contribution in [0.2, 0.25) is 5.02 Å². The van der Waals surface area contributed by atoms with E-state index in [0.717, 1.165) is 12.3 Å². The van der Waals surface area contributed by atoms with E-state index in [9.17, 15) is 12.8 Å². The quantitative estimate of drug-likeness (QED) is 0.899. The number of hydrogen-bond acceptors (Lipinski definition) is 4. The molecule has 0 saturated heterocycles. The molecule has 0 aliphatic heterocycles. The number of nitrogens with zero attached hydrogens (tertiary/aromatic N) is 3. The molecule has 2 aromatic rings. The first kappa shape index (κ1) is 13.5. The molecule has 1 aromatic heterocycles. The van der Waals surface area contributed by atoms with E-state index < -0.39 is 20.9 Å². The number of benzene rings is 1. The number of nitrogens with two attached hydrogens (primary N) is 1. The van der Waals surface area contributed by atoms with Gasteiger partial charge >= 0.3 is 0 Å². The number of para-hydroxylation sites is 1. The third-order valence-corrected chi connectivity index (χ3v) is 3.50. The Balaban J connectivity index is 2.86. The van der Waals surface area contributed by atoms with Crippen LogP contribution in [0.15, 0.2) is 29.4 Å². The molecule has 2 N–H and O–H groups in total. The fourth-order valence-electron chi connectivity index (χ4n) is 1.54. The van der Waals surface area contributed by atoms with Gasteiger partial charge in [-0.2, -0.15) is 10.4 Å². The van der Waals surface area contributed by atoms with Crippen LogP contribution in [0.5, 0.6) is 0 Å². The van der Waals surface area contributed by atoms with Gasteiger partial charge in [0.05, 0.1) is 11.2 Å². The van der Waals surface area contributed by atoms with Crippen molar-refractivity contribution >= 4 is 21.6 Å². The molecule has 9 heteroatoms. The number of nitriles is 1. The van der Waals surface area contributed by atoms with Crippen molar-refractivity contribution in [1.29, 1.82) is 5.26 Å². The van der Waals surface area contributed by atoms with Crippen LogP contribution in [-0.4, -0.2) is 18.2 Å². The normalized spacial score (nSPS) is 11.3. The van der Waals surface area contributed by atoms with Crippen molar-refractivity contribution in [3.8, 4) is 11.8 Å². The Morgan fingerprint density at radius 3 is 2.68 bits per heavy atom. The summed E-state index contributed by atoms with van der Waals surface area (Å²) >= 11 is 5.82. The SMILES string of the molecule is N#Cc1cnn(-c2c(F)cccc2Cl)c1S(N)(=O)=O. The summed E-state index contributed by atoms with van der Waals surface area (Å²) in [5, 5.41) is 16.8. The highest BCUT2D eigenvalue weighted by Gasteiger charge is 2.25. The van der Waals surface area contributed by atoms with Gasteiger partial charge in [0, 0.05) is 0 Å². The molecule has 1 heterocycles. The minimum Gasteiger partial charge on any atom is -0.223 e. The summed E-state index contributed by atoms with van der Waals surface area (Å²) in [7, 11) is -4.26. The third-order valence-electron chi connectivity index (χ3n) is 2.26. The minimum absolute atomic E-state index is 0.0579. The summed E-state index contributed by atoms with van der Waals surface area (Å²) in [4.78, 5) is 0. The number of halogens is 2. The van der Waals surface area contributed by atoms with Crippen LogP contribution in [0.1, 0.15) is 5.56 Å². The molecule has 0 amide bonds. The lowest BCUT2D eigenvalue weighted by Crippen LogP contribution is -2.19. The molecule has 0 radical (unpaired) electrons. The predicted octanol–water partition coefficient (Wildman–Crippen LogP) is 1.18. The van der Waals surface area contributed by atoms with Crippen molar-refractivity contribution in [2.75, 3.05) is 0 Å². The van der Waals surface area contributed by atoms with Crippen LogP contribution >= 0.6 is 11.6 Å². The molecule has 0 aliphatic carbocycles. The summed E-state index contributed by atoms with van der Waals surface area (Å²) in [6.07, 6.45) is 0.975.